The summed E-state index contributed by atoms with van der Waals surface area (Å²) in [4.78, 5) is 12.3. The Kier molecular flexibility index (Phi) is 6.22. The summed E-state index contributed by atoms with van der Waals surface area (Å²) >= 11 is 3.37. The fourth-order valence-electron chi connectivity index (χ4n) is 2.23. The van der Waals surface area contributed by atoms with Crippen LogP contribution in [-0.2, 0) is 11.2 Å². The Hall–Kier alpha value is -1.81. The lowest BCUT2D eigenvalue weighted by Crippen LogP contribution is -2.37. The molecule has 0 heterocycles. The fraction of sp³-hybridized carbons (Fsp3) is 0.316. The molecule has 0 saturated heterocycles. The van der Waals surface area contributed by atoms with Gasteiger partial charge < -0.3 is 10.1 Å². The Morgan fingerprint density at radius 2 is 1.70 bits per heavy atom. The van der Waals surface area contributed by atoms with Gasteiger partial charge in [-0.25, -0.2) is 0 Å². The Morgan fingerprint density at radius 3 is 2.26 bits per heavy atom. The minimum atomic E-state index is -0.548. The molecule has 0 saturated carbocycles. The van der Waals surface area contributed by atoms with Gasteiger partial charge >= 0.3 is 0 Å². The van der Waals surface area contributed by atoms with Crippen LogP contribution in [0, 0.1) is 0 Å². The van der Waals surface area contributed by atoms with Crippen molar-refractivity contribution < 1.29 is 9.53 Å². The average molecular weight is 376 g/mol. The molecule has 0 unspecified atom stereocenters. The van der Waals surface area contributed by atoms with Crippen LogP contribution in [0.5, 0.6) is 5.75 Å². The number of benzene rings is 2. The van der Waals surface area contributed by atoms with Crippen molar-refractivity contribution in [1.29, 1.82) is 0 Å². The van der Waals surface area contributed by atoms with E-state index >= 15 is 0 Å². The number of ether oxygens (including phenoxy) is 1. The molecule has 0 radical (unpaired) electrons. The van der Waals surface area contributed by atoms with Crippen molar-refractivity contribution in [2.24, 2.45) is 0 Å². The maximum absolute atomic E-state index is 12.3. The van der Waals surface area contributed by atoms with E-state index < -0.39 is 6.10 Å². The van der Waals surface area contributed by atoms with Gasteiger partial charge in [0.1, 0.15) is 5.75 Å². The molecule has 2 aromatic rings. The third-order valence-electron chi connectivity index (χ3n) is 3.74. The van der Waals surface area contributed by atoms with E-state index in [-0.39, 0.29) is 11.9 Å². The summed E-state index contributed by atoms with van der Waals surface area (Å²) < 4.78 is 6.65. The van der Waals surface area contributed by atoms with Gasteiger partial charge in [-0.3, -0.25) is 4.79 Å². The Labute approximate surface area is 146 Å². The number of halogens is 1. The molecule has 0 fully saturated rings. The summed E-state index contributed by atoms with van der Waals surface area (Å²) in [6.45, 7) is 5.86. The first-order chi connectivity index (χ1) is 11.0. The summed E-state index contributed by atoms with van der Waals surface area (Å²) in [5.74, 6) is 0.552. The highest BCUT2D eigenvalue weighted by atomic mass is 79.9. The van der Waals surface area contributed by atoms with Crippen LogP contribution < -0.4 is 10.1 Å². The van der Waals surface area contributed by atoms with Crippen molar-refractivity contribution in [1.82, 2.24) is 5.32 Å². The predicted molar refractivity (Wildman–Crippen MR) is 96.6 cm³/mol. The summed E-state index contributed by atoms with van der Waals surface area (Å²) in [5, 5.41) is 2.99. The van der Waals surface area contributed by atoms with E-state index in [1.807, 2.05) is 31.2 Å². The summed E-state index contributed by atoms with van der Waals surface area (Å²) in [5.41, 5.74) is 2.38. The van der Waals surface area contributed by atoms with E-state index in [9.17, 15) is 4.79 Å². The lowest BCUT2D eigenvalue weighted by Gasteiger charge is -2.19. The number of carbonyl (C=O) groups excluding carboxylic acids is 1. The molecule has 0 spiro atoms. The zero-order valence-electron chi connectivity index (χ0n) is 13.7. The number of rotatable bonds is 6. The fourth-order valence-corrected chi connectivity index (χ4v) is 2.49. The molecule has 0 aliphatic rings. The van der Waals surface area contributed by atoms with Crippen molar-refractivity contribution >= 4 is 21.8 Å². The second-order valence-electron chi connectivity index (χ2n) is 5.54. The molecule has 0 aliphatic heterocycles. The Balaban J connectivity index is 1.92. The first-order valence-corrected chi connectivity index (χ1v) is 8.60. The molecule has 0 aromatic heterocycles. The van der Waals surface area contributed by atoms with Crippen LogP contribution in [-0.4, -0.2) is 12.0 Å². The lowest BCUT2D eigenvalue weighted by molar-refractivity contribution is -0.127. The number of nitrogens with one attached hydrogen (secondary N) is 1. The second kappa shape index (κ2) is 8.16. The lowest BCUT2D eigenvalue weighted by atomic mass is 10.0. The van der Waals surface area contributed by atoms with Crippen LogP contribution in [0.15, 0.2) is 53.0 Å². The summed E-state index contributed by atoms with van der Waals surface area (Å²) in [6, 6.07) is 15.7. The zero-order valence-corrected chi connectivity index (χ0v) is 15.3. The molecule has 1 N–H and O–H groups in total. The molecule has 1 amide bonds. The molecule has 0 bridgehead atoms. The van der Waals surface area contributed by atoms with Crippen molar-refractivity contribution in [2.45, 2.75) is 39.3 Å². The molecule has 2 rings (SSSR count). The molecule has 122 valence electrons. The van der Waals surface area contributed by atoms with Crippen molar-refractivity contribution in [3.05, 3.63) is 64.1 Å². The molecule has 0 aliphatic carbocycles. The van der Waals surface area contributed by atoms with E-state index in [2.05, 4.69) is 52.4 Å². The molecule has 2 atom stereocenters. The van der Waals surface area contributed by atoms with Gasteiger partial charge in [0.15, 0.2) is 6.10 Å². The number of carbonyl (C=O) groups is 1. The molecule has 4 heteroatoms. The molecule has 2 aromatic carbocycles. The van der Waals surface area contributed by atoms with Gasteiger partial charge in [0.05, 0.1) is 6.04 Å². The zero-order chi connectivity index (χ0) is 16.8. The molecule has 23 heavy (non-hydrogen) atoms. The third kappa shape index (κ3) is 5.10. The first kappa shape index (κ1) is 17.5. The smallest absolute Gasteiger partial charge is 0.261 e. The van der Waals surface area contributed by atoms with Crippen molar-refractivity contribution in [3.63, 3.8) is 0 Å². The highest BCUT2D eigenvalue weighted by Crippen LogP contribution is 2.18. The molecular formula is C19H22BrNO2. The average Bonchev–Trinajstić information content (AvgIpc) is 2.56. The summed E-state index contributed by atoms with van der Waals surface area (Å²) in [6.07, 6.45) is 0.465. The van der Waals surface area contributed by atoms with Gasteiger partial charge in [-0.2, -0.15) is 0 Å². The third-order valence-corrected chi connectivity index (χ3v) is 4.27. The van der Waals surface area contributed by atoms with E-state index in [0.717, 1.165) is 16.5 Å². The van der Waals surface area contributed by atoms with Gasteiger partial charge in [-0.1, -0.05) is 47.1 Å². The van der Waals surface area contributed by atoms with Crippen LogP contribution in [0.1, 0.15) is 37.9 Å². The Morgan fingerprint density at radius 1 is 1.09 bits per heavy atom. The highest BCUT2D eigenvalue weighted by molar-refractivity contribution is 9.10. The van der Waals surface area contributed by atoms with Gasteiger partial charge in [0, 0.05) is 4.47 Å². The number of hydrogen-bond donors (Lipinski definition) is 1. The minimum absolute atomic E-state index is 0.0515. The minimum Gasteiger partial charge on any atom is -0.481 e. The Bertz CT molecular complexity index is 637. The number of aryl methyl sites for hydroxylation is 1. The van der Waals surface area contributed by atoms with Crippen LogP contribution >= 0.6 is 15.9 Å². The standard InChI is InChI=1S/C19H22BrNO2/c1-4-15-5-7-16(8-6-15)13(2)21-19(22)14(3)23-18-11-9-17(20)10-12-18/h5-14H,4H2,1-3H3,(H,21,22)/t13-,14-/m0/s1. The normalized spacial score (nSPS) is 13.2. The second-order valence-corrected chi connectivity index (χ2v) is 6.46. The van der Waals surface area contributed by atoms with Crippen LogP contribution in [0.3, 0.4) is 0 Å². The largest absolute Gasteiger partial charge is 0.481 e. The number of hydrogen-bond acceptors (Lipinski definition) is 2. The first-order valence-electron chi connectivity index (χ1n) is 7.81. The van der Waals surface area contributed by atoms with Gasteiger partial charge in [0.25, 0.3) is 5.91 Å². The quantitative estimate of drug-likeness (QED) is 0.797. The van der Waals surface area contributed by atoms with Gasteiger partial charge in [0.2, 0.25) is 0 Å². The van der Waals surface area contributed by atoms with E-state index in [1.165, 1.54) is 5.56 Å². The van der Waals surface area contributed by atoms with E-state index in [0.29, 0.717) is 5.75 Å². The maximum Gasteiger partial charge on any atom is 0.261 e. The topological polar surface area (TPSA) is 38.3 Å². The maximum atomic E-state index is 12.3. The van der Waals surface area contributed by atoms with Crippen molar-refractivity contribution in [2.75, 3.05) is 0 Å². The number of amides is 1. The predicted octanol–water partition coefficient (Wildman–Crippen LogP) is 4.66. The molecule has 3 nitrogen and oxygen atoms in total. The van der Waals surface area contributed by atoms with Crippen LogP contribution in [0.4, 0.5) is 0 Å². The van der Waals surface area contributed by atoms with E-state index in [1.54, 1.807) is 6.92 Å². The van der Waals surface area contributed by atoms with Crippen LogP contribution in [0.2, 0.25) is 0 Å². The SMILES string of the molecule is CCc1ccc([C@H](C)NC(=O)[C@H](C)Oc2ccc(Br)cc2)cc1. The van der Waals surface area contributed by atoms with E-state index in [4.69, 9.17) is 4.74 Å². The van der Waals surface area contributed by atoms with Gasteiger partial charge in [-0.05, 0) is 55.7 Å². The van der Waals surface area contributed by atoms with Gasteiger partial charge in [-0.15, -0.1) is 0 Å². The monoisotopic (exact) mass is 375 g/mol. The molecular weight excluding hydrogens is 354 g/mol. The van der Waals surface area contributed by atoms with Crippen molar-refractivity contribution in [3.8, 4) is 5.75 Å². The summed E-state index contributed by atoms with van der Waals surface area (Å²) in [7, 11) is 0. The highest BCUT2D eigenvalue weighted by Gasteiger charge is 2.17. The van der Waals surface area contributed by atoms with Crippen LogP contribution in [0.25, 0.3) is 0 Å².